The van der Waals surface area contributed by atoms with Crippen LogP contribution < -0.4 is 5.32 Å². The van der Waals surface area contributed by atoms with Crippen LogP contribution >= 0.6 is 0 Å². The largest absolute Gasteiger partial charge is 0.378 e. The van der Waals surface area contributed by atoms with Crippen LogP contribution in [-0.4, -0.2) is 43.7 Å². The molecule has 1 aromatic rings. The molecule has 0 aromatic heterocycles. The molecule has 1 fully saturated rings. The van der Waals surface area contributed by atoms with Gasteiger partial charge in [-0.3, -0.25) is 4.79 Å². The maximum atomic E-state index is 12.0. The van der Waals surface area contributed by atoms with Gasteiger partial charge in [0.05, 0.1) is 13.2 Å². The quantitative estimate of drug-likeness (QED) is 0.802. The zero-order valence-corrected chi connectivity index (χ0v) is 12.2. The molecule has 4 nitrogen and oxygen atoms in total. The van der Waals surface area contributed by atoms with E-state index < -0.39 is 0 Å². The number of nitrogens with zero attached hydrogens (tertiary/aromatic N) is 1. The first-order chi connectivity index (χ1) is 9.81. The minimum Gasteiger partial charge on any atom is -0.378 e. The SMILES string of the molecule is CCc1ccccc1CNCCC(=O)N1CCOCC1. The molecule has 0 saturated carbocycles. The van der Waals surface area contributed by atoms with Crippen LogP contribution in [0.5, 0.6) is 0 Å². The summed E-state index contributed by atoms with van der Waals surface area (Å²) < 4.78 is 5.25. The minimum absolute atomic E-state index is 0.226. The number of nitrogens with one attached hydrogen (secondary N) is 1. The van der Waals surface area contributed by atoms with Gasteiger partial charge in [-0.25, -0.2) is 0 Å². The molecule has 1 aliphatic rings. The molecule has 1 aliphatic heterocycles. The lowest BCUT2D eigenvalue weighted by Crippen LogP contribution is -2.41. The summed E-state index contributed by atoms with van der Waals surface area (Å²) in [5, 5.41) is 3.37. The van der Waals surface area contributed by atoms with Gasteiger partial charge < -0.3 is 15.0 Å². The Bertz CT molecular complexity index is 428. The second kappa shape index (κ2) is 8.02. The molecule has 4 heteroatoms. The third kappa shape index (κ3) is 4.32. The third-order valence-electron chi connectivity index (χ3n) is 3.69. The zero-order chi connectivity index (χ0) is 14.2. The second-order valence-corrected chi connectivity index (χ2v) is 5.04. The highest BCUT2D eigenvalue weighted by atomic mass is 16.5. The number of hydrogen-bond acceptors (Lipinski definition) is 3. The highest BCUT2D eigenvalue weighted by Crippen LogP contribution is 2.09. The third-order valence-corrected chi connectivity index (χ3v) is 3.69. The molecule has 0 radical (unpaired) electrons. The van der Waals surface area contributed by atoms with Gasteiger partial charge in [0.2, 0.25) is 5.91 Å². The fraction of sp³-hybridized carbons (Fsp3) is 0.562. The summed E-state index contributed by atoms with van der Waals surface area (Å²) in [6.07, 6.45) is 1.61. The summed E-state index contributed by atoms with van der Waals surface area (Å²) in [6.45, 7) is 6.54. The van der Waals surface area contributed by atoms with Crippen LogP contribution in [0.4, 0.5) is 0 Å². The highest BCUT2D eigenvalue weighted by molar-refractivity contribution is 5.76. The van der Waals surface area contributed by atoms with Gasteiger partial charge in [0.25, 0.3) is 0 Å². The van der Waals surface area contributed by atoms with Crippen LogP contribution in [-0.2, 0) is 22.5 Å². The Kier molecular flexibility index (Phi) is 6.02. The normalized spacial score (nSPS) is 15.3. The molecule has 2 rings (SSSR count). The highest BCUT2D eigenvalue weighted by Gasteiger charge is 2.15. The summed E-state index contributed by atoms with van der Waals surface area (Å²) in [6, 6.07) is 8.45. The summed E-state index contributed by atoms with van der Waals surface area (Å²) >= 11 is 0. The van der Waals surface area contributed by atoms with Crippen molar-refractivity contribution in [2.24, 2.45) is 0 Å². The average molecular weight is 276 g/mol. The fourth-order valence-electron chi connectivity index (χ4n) is 2.46. The number of carbonyl (C=O) groups excluding carboxylic acids is 1. The topological polar surface area (TPSA) is 41.6 Å². The molecule has 0 spiro atoms. The maximum absolute atomic E-state index is 12.0. The second-order valence-electron chi connectivity index (χ2n) is 5.04. The standard InChI is InChI=1S/C16H24N2O2/c1-2-14-5-3-4-6-15(14)13-17-8-7-16(19)18-9-11-20-12-10-18/h3-6,17H,2,7-13H2,1H3. The van der Waals surface area contributed by atoms with Crippen molar-refractivity contribution in [3.05, 3.63) is 35.4 Å². The molecule has 110 valence electrons. The number of ether oxygens (including phenoxy) is 1. The Morgan fingerprint density at radius 1 is 1.25 bits per heavy atom. The Morgan fingerprint density at radius 2 is 1.95 bits per heavy atom. The Morgan fingerprint density at radius 3 is 2.65 bits per heavy atom. The molecule has 0 unspecified atom stereocenters. The van der Waals surface area contributed by atoms with E-state index in [1.807, 2.05) is 4.90 Å². The Labute approximate surface area is 121 Å². The summed E-state index contributed by atoms with van der Waals surface area (Å²) in [5.41, 5.74) is 2.70. The van der Waals surface area contributed by atoms with E-state index in [0.717, 1.165) is 32.6 Å². The van der Waals surface area contributed by atoms with Crippen LogP contribution in [0.25, 0.3) is 0 Å². The van der Waals surface area contributed by atoms with Crippen molar-refractivity contribution in [2.45, 2.75) is 26.3 Å². The zero-order valence-electron chi connectivity index (χ0n) is 12.2. The lowest BCUT2D eigenvalue weighted by Gasteiger charge is -2.26. The van der Waals surface area contributed by atoms with E-state index in [2.05, 4.69) is 36.5 Å². The molecule has 1 saturated heterocycles. The monoisotopic (exact) mass is 276 g/mol. The number of hydrogen-bond donors (Lipinski definition) is 1. The molecule has 1 aromatic carbocycles. The molecule has 0 atom stereocenters. The molecule has 20 heavy (non-hydrogen) atoms. The molecule has 1 N–H and O–H groups in total. The number of benzene rings is 1. The van der Waals surface area contributed by atoms with E-state index >= 15 is 0 Å². The summed E-state index contributed by atoms with van der Waals surface area (Å²) in [7, 11) is 0. The number of carbonyl (C=O) groups is 1. The minimum atomic E-state index is 0.226. The molecular formula is C16H24N2O2. The van der Waals surface area contributed by atoms with Crippen molar-refractivity contribution in [1.29, 1.82) is 0 Å². The number of amides is 1. The molecule has 0 bridgehead atoms. The van der Waals surface area contributed by atoms with Gasteiger partial charge in [0.15, 0.2) is 0 Å². The van der Waals surface area contributed by atoms with Gasteiger partial charge in [0.1, 0.15) is 0 Å². The first kappa shape index (κ1) is 15.0. The van der Waals surface area contributed by atoms with E-state index in [-0.39, 0.29) is 5.91 Å². The first-order valence-electron chi connectivity index (χ1n) is 7.44. The van der Waals surface area contributed by atoms with Crippen molar-refractivity contribution < 1.29 is 9.53 Å². The smallest absolute Gasteiger partial charge is 0.224 e. The lowest BCUT2D eigenvalue weighted by atomic mass is 10.1. The van der Waals surface area contributed by atoms with Crippen LogP contribution in [0.15, 0.2) is 24.3 Å². The van der Waals surface area contributed by atoms with Crippen LogP contribution in [0.1, 0.15) is 24.5 Å². The van der Waals surface area contributed by atoms with Crippen LogP contribution in [0.3, 0.4) is 0 Å². The molecule has 0 aliphatic carbocycles. The van der Waals surface area contributed by atoms with Gasteiger partial charge in [-0.2, -0.15) is 0 Å². The van der Waals surface area contributed by atoms with Crippen molar-refractivity contribution in [1.82, 2.24) is 10.2 Å². The van der Waals surface area contributed by atoms with Crippen molar-refractivity contribution in [2.75, 3.05) is 32.8 Å². The van der Waals surface area contributed by atoms with Gasteiger partial charge in [0, 0.05) is 32.6 Å². The van der Waals surface area contributed by atoms with Crippen molar-refractivity contribution >= 4 is 5.91 Å². The fourth-order valence-corrected chi connectivity index (χ4v) is 2.46. The first-order valence-corrected chi connectivity index (χ1v) is 7.44. The number of morpholine rings is 1. The number of rotatable bonds is 6. The van der Waals surface area contributed by atoms with Gasteiger partial charge >= 0.3 is 0 Å². The molecule has 1 amide bonds. The number of aryl methyl sites for hydroxylation is 1. The van der Waals surface area contributed by atoms with Crippen LogP contribution in [0, 0.1) is 0 Å². The van der Waals surface area contributed by atoms with E-state index in [4.69, 9.17) is 4.74 Å². The van der Waals surface area contributed by atoms with Crippen molar-refractivity contribution in [3.63, 3.8) is 0 Å². The molecule has 1 heterocycles. The van der Waals surface area contributed by atoms with E-state index in [9.17, 15) is 4.79 Å². The average Bonchev–Trinajstić information content (AvgIpc) is 2.52. The Balaban J connectivity index is 1.69. The van der Waals surface area contributed by atoms with Crippen molar-refractivity contribution in [3.8, 4) is 0 Å². The van der Waals surface area contributed by atoms with Gasteiger partial charge in [-0.15, -0.1) is 0 Å². The summed E-state index contributed by atoms with van der Waals surface area (Å²) in [5.74, 6) is 0.226. The van der Waals surface area contributed by atoms with Gasteiger partial charge in [-0.05, 0) is 17.5 Å². The van der Waals surface area contributed by atoms with Crippen LogP contribution in [0.2, 0.25) is 0 Å². The van der Waals surface area contributed by atoms with E-state index in [0.29, 0.717) is 19.6 Å². The van der Waals surface area contributed by atoms with E-state index in [1.165, 1.54) is 11.1 Å². The van der Waals surface area contributed by atoms with Gasteiger partial charge in [-0.1, -0.05) is 31.2 Å². The summed E-state index contributed by atoms with van der Waals surface area (Å²) in [4.78, 5) is 13.9. The van der Waals surface area contributed by atoms with E-state index in [1.54, 1.807) is 0 Å². The maximum Gasteiger partial charge on any atom is 0.224 e. The lowest BCUT2D eigenvalue weighted by molar-refractivity contribution is -0.135. The Hall–Kier alpha value is -1.39. The predicted molar refractivity (Wildman–Crippen MR) is 79.5 cm³/mol. The molecular weight excluding hydrogens is 252 g/mol. The predicted octanol–water partition coefficient (Wildman–Crippen LogP) is 1.59.